The van der Waals surface area contributed by atoms with Crippen molar-refractivity contribution in [2.45, 2.75) is 0 Å². The molecule has 70 valence electrons. The highest BCUT2D eigenvalue weighted by Crippen LogP contribution is 2.03. The summed E-state index contributed by atoms with van der Waals surface area (Å²) in [6.07, 6.45) is 7.46. The fourth-order valence-electron chi connectivity index (χ4n) is 0.931. The zero-order valence-corrected chi connectivity index (χ0v) is 7.14. The van der Waals surface area contributed by atoms with Crippen LogP contribution in [0.1, 0.15) is 10.5 Å². The zero-order chi connectivity index (χ0) is 9.80. The fraction of sp³-hybridized carbons (Fsp3) is 0. The van der Waals surface area contributed by atoms with E-state index in [1.165, 1.54) is 24.8 Å². The molecule has 14 heavy (non-hydrogen) atoms. The van der Waals surface area contributed by atoms with E-state index in [-0.39, 0.29) is 11.6 Å². The fourth-order valence-corrected chi connectivity index (χ4v) is 0.931. The van der Waals surface area contributed by atoms with Crippen molar-refractivity contribution in [2.75, 3.05) is 5.32 Å². The zero-order valence-electron chi connectivity index (χ0n) is 7.14. The van der Waals surface area contributed by atoms with Gasteiger partial charge in [0.1, 0.15) is 5.69 Å². The third kappa shape index (κ3) is 1.74. The molecule has 0 saturated heterocycles. The summed E-state index contributed by atoms with van der Waals surface area (Å²) < 4.78 is 0. The molecule has 6 heteroatoms. The first-order chi connectivity index (χ1) is 6.86. The summed E-state index contributed by atoms with van der Waals surface area (Å²) in [5.41, 5.74) is 0.870. The lowest BCUT2D eigenvalue weighted by atomic mass is 10.4. The molecule has 2 aromatic rings. The van der Waals surface area contributed by atoms with Crippen LogP contribution < -0.4 is 5.32 Å². The largest absolute Gasteiger partial charge is 0.318 e. The van der Waals surface area contributed by atoms with Crippen molar-refractivity contribution in [3.63, 3.8) is 0 Å². The van der Waals surface area contributed by atoms with Crippen LogP contribution in [0.2, 0.25) is 0 Å². The Kier molecular flexibility index (Phi) is 2.18. The molecule has 0 bridgehead atoms. The summed E-state index contributed by atoms with van der Waals surface area (Å²) in [6.45, 7) is 0. The average molecular weight is 189 g/mol. The summed E-state index contributed by atoms with van der Waals surface area (Å²) in [5.74, 6) is -0.306. The van der Waals surface area contributed by atoms with Gasteiger partial charge in [0.2, 0.25) is 0 Å². The molecule has 1 amide bonds. The van der Waals surface area contributed by atoms with Gasteiger partial charge >= 0.3 is 0 Å². The Bertz CT molecular complexity index is 411. The molecule has 0 spiro atoms. The first-order valence-corrected chi connectivity index (χ1v) is 3.92. The highest BCUT2D eigenvalue weighted by molar-refractivity contribution is 6.02. The number of anilines is 1. The van der Waals surface area contributed by atoms with E-state index in [0.29, 0.717) is 5.69 Å². The van der Waals surface area contributed by atoms with Crippen molar-refractivity contribution in [3.05, 3.63) is 36.7 Å². The van der Waals surface area contributed by atoms with Crippen molar-refractivity contribution in [3.8, 4) is 0 Å². The van der Waals surface area contributed by atoms with Crippen LogP contribution in [0.25, 0.3) is 0 Å². The Labute approximate surface area is 79.4 Å². The number of H-pyrrole nitrogens is 1. The third-order valence-electron chi connectivity index (χ3n) is 1.55. The highest BCUT2D eigenvalue weighted by Gasteiger charge is 2.06. The van der Waals surface area contributed by atoms with Crippen molar-refractivity contribution < 1.29 is 4.79 Å². The van der Waals surface area contributed by atoms with E-state index in [2.05, 4.69) is 25.5 Å². The van der Waals surface area contributed by atoms with Gasteiger partial charge < -0.3 is 5.32 Å². The summed E-state index contributed by atoms with van der Waals surface area (Å²) in [5, 5.41) is 8.88. The van der Waals surface area contributed by atoms with Crippen LogP contribution in [0.3, 0.4) is 0 Å². The van der Waals surface area contributed by atoms with E-state index in [1.54, 1.807) is 6.20 Å². The van der Waals surface area contributed by atoms with Gasteiger partial charge in [-0.1, -0.05) is 0 Å². The molecule has 0 aliphatic rings. The number of carbonyl (C=O) groups is 1. The quantitative estimate of drug-likeness (QED) is 0.718. The smallest absolute Gasteiger partial charge is 0.275 e. The third-order valence-corrected chi connectivity index (χ3v) is 1.55. The van der Waals surface area contributed by atoms with Gasteiger partial charge in [-0.3, -0.25) is 14.9 Å². The summed E-state index contributed by atoms with van der Waals surface area (Å²) in [4.78, 5) is 19.1. The van der Waals surface area contributed by atoms with Crippen LogP contribution in [-0.4, -0.2) is 26.1 Å². The van der Waals surface area contributed by atoms with Crippen molar-refractivity contribution in [1.82, 2.24) is 20.2 Å². The van der Waals surface area contributed by atoms with Gasteiger partial charge in [-0.15, -0.1) is 0 Å². The number of nitrogens with zero attached hydrogens (tertiary/aromatic N) is 3. The molecular weight excluding hydrogens is 182 g/mol. The summed E-state index contributed by atoms with van der Waals surface area (Å²) in [7, 11) is 0. The SMILES string of the molecule is O=C(Nc1cn[nH]c1)c1cnccn1. The van der Waals surface area contributed by atoms with Crippen LogP contribution in [0.15, 0.2) is 31.0 Å². The Morgan fingerprint density at radius 1 is 1.36 bits per heavy atom. The molecule has 0 radical (unpaired) electrons. The molecule has 2 rings (SSSR count). The highest BCUT2D eigenvalue weighted by atomic mass is 16.1. The summed E-state index contributed by atoms with van der Waals surface area (Å²) >= 11 is 0. The van der Waals surface area contributed by atoms with E-state index in [9.17, 15) is 4.79 Å². The normalized spacial score (nSPS) is 9.71. The van der Waals surface area contributed by atoms with E-state index in [0.717, 1.165) is 0 Å². The molecule has 2 heterocycles. The van der Waals surface area contributed by atoms with Crippen LogP contribution in [-0.2, 0) is 0 Å². The molecule has 0 aliphatic heterocycles. The topological polar surface area (TPSA) is 83.6 Å². The maximum atomic E-state index is 11.5. The second-order valence-corrected chi connectivity index (χ2v) is 2.53. The number of rotatable bonds is 2. The van der Waals surface area contributed by atoms with Crippen LogP contribution in [0.4, 0.5) is 5.69 Å². The maximum Gasteiger partial charge on any atom is 0.275 e. The summed E-state index contributed by atoms with van der Waals surface area (Å²) in [6, 6.07) is 0. The molecule has 0 saturated carbocycles. The molecule has 2 N–H and O–H groups in total. The predicted molar refractivity (Wildman–Crippen MR) is 48.6 cm³/mol. The van der Waals surface area contributed by atoms with Gasteiger partial charge in [0.15, 0.2) is 0 Å². The van der Waals surface area contributed by atoms with E-state index in [1.807, 2.05) is 0 Å². The number of aromatic nitrogens is 4. The molecule has 0 aliphatic carbocycles. The lowest BCUT2D eigenvalue weighted by molar-refractivity contribution is 0.102. The van der Waals surface area contributed by atoms with Crippen molar-refractivity contribution in [2.24, 2.45) is 0 Å². The van der Waals surface area contributed by atoms with E-state index < -0.39 is 0 Å². The minimum absolute atomic E-state index is 0.272. The number of amides is 1. The molecule has 6 nitrogen and oxygen atoms in total. The second kappa shape index (κ2) is 3.65. The van der Waals surface area contributed by atoms with Crippen molar-refractivity contribution >= 4 is 11.6 Å². The van der Waals surface area contributed by atoms with E-state index in [4.69, 9.17) is 0 Å². The number of aromatic amines is 1. The van der Waals surface area contributed by atoms with Gasteiger partial charge in [-0.05, 0) is 0 Å². The Hall–Kier alpha value is -2.24. The van der Waals surface area contributed by atoms with Gasteiger partial charge in [0.25, 0.3) is 5.91 Å². The maximum absolute atomic E-state index is 11.5. The second-order valence-electron chi connectivity index (χ2n) is 2.53. The van der Waals surface area contributed by atoms with Gasteiger partial charge in [-0.25, -0.2) is 4.98 Å². The number of nitrogens with one attached hydrogen (secondary N) is 2. The molecule has 0 fully saturated rings. The minimum Gasteiger partial charge on any atom is -0.318 e. The van der Waals surface area contributed by atoms with Crippen molar-refractivity contribution in [1.29, 1.82) is 0 Å². The predicted octanol–water partition coefficient (Wildman–Crippen LogP) is 0.452. The van der Waals surface area contributed by atoms with Crippen LogP contribution in [0.5, 0.6) is 0 Å². The molecule has 0 unspecified atom stereocenters. The average Bonchev–Trinajstić information content (AvgIpc) is 2.72. The first-order valence-electron chi connectivity index (χ1n) is 3.92. The van der Waals surface area contributed by atoms with E-state index >= 15 is 0 Å². The lowest BCUT2D eigenvalue weighted by Crippen LogP contribution is -2.13. The lowest BCUT2D eigenvalue weighted by Gasteiger charge is -1.99. The number of hydrogen-bond donors (Lipinski definition) is 2. The standard InChI is InChI=1S/C8H7N5O/c14-8(7-5-9-1-2-10-7)13-6-3-11-12-4-6/h1-5H,(H,11,12)(H,13,14). The molecule has 0 atom stereocenters. The molecule has 0 aromatic carbocycles. The first kappa shape index (κ1) is 8.36. The molecular formula is C8H7N5O. The van der Waals surface area contributed by atoms with Crippen LogP contribution >= 0.6 is 0 Å². The molecule has 2 aromatic heterocycles. The monoisotopic (exact) mass is 189 g/mol. The Morgan fingerprint density at radius 2 is 2.29 bits per heavy atom. The minimum atomic E-state index is -0.306. The van der Waals surface area contributed by atoms with Gasteiger partial charge in [-0.2, -0.15) is 5.10 Å². The van der Waals surface area contributed by atoms with Gasteiger partial charge in [0, 0.05) is 18.6 Å². The number of carbonyl (C=O) groups excluding carboxylic acids is 1. The van der Waals surface area contributed by atoms with Gasteiger partial charge in [0.05, 0.1) is 18.1 Å². The van der Waals surface area contributed by atoms with Crippen LogP contribution in [0, 0.1) is 0 Å². The Balaban J connectivity index is 2.11. The Morgan fingerprint density at radius 3 is 2.93 bits per heavy atom. The number of hydrogen-bond acceptors (Lipinski definition) is 4.